The number of aliphatic hydroxyl groups is 1. The summed E-state index contributed by atoms with van der Waals surface area (Å²) in [7, 11) is 0. The van der Waals surface area contributed by atoms with E-state index in [1.807, 2.05) is 0 Å². The van der Waals surface area contributed by atoms with E-state index in [2.05, 4.69) is 22.1 Å². The molecular weight excluding hydrogens is 399 g/mol. The van der Waals surface area contributed by atoms with E-state index in [1.54, 1.807) is 11.8 Å². The van der Waals surface area contributed by atoms with Crippen molar-refractivity contribution in [3.8, 4) is 11.8 Å². The predicted molar refractivity (Wildman–Crippen MR) is 116 cm³/mol. The number of aliphatic hydroxyl groups excluding tert-OH is 1. The summed E-state index contributed by atoms with van der Waals surface area (Å²) < 4.78 is 15.5. The molecule has 2 heterocycles. The molecule has 4 rings (SSSR count). The number of fused-ring (bicyclic) bond motifs is 3. The summed E-state index contributed by atoms with van der Waals surface area (Å²) in [6.45, 7) is 2.13. The van der Waals surface area contributed by atoms with E-state index in [9.17, 15) is 14.7 Å². The maximum atomic E-state index is 15.5. The quantitative estimate of drug-likeness (QED) is 0.443. The number of β-amino-alcohol motifs (C(OH)–C–C–N with tert-alkyl or cyclic N) is 1. The molecule has 2 aromatic rings. The Labute approximate surface area is 180 Å². The highest BCUT2D eigenvalue weighted by Crippen LogP contribution is 2.39. The molecule has 0 radical (unpaired) electrons. The first kappa shape index (κ1) is 21.2. The second-order valence-corrected chi connectivity index (χ2v) is 8.35. The monoisotopic (exact) mass is 426 g/mol. The van der Waals surface area contributed by atoms with Gasteiger partial charge in [0.2, 0.25) is 0 Å². The number of H-pyrrole nitrogens is 1. The number of carbonyl (C=O) groups excluding carboxylic acids is 2. The van der Waals surface area contributed by atoms with Gasteiger partial charge in [-0.15, -0.1) is 0 Å². The van der Waals surface area contributed by atoms with E-state index in [0.29, 0.717) is 29.6 Å². The van der Waals surface area contributed by atoms with Gasteiger partial charge in [-0.2, -0.15) is 0 Å². The average Bonchev–Trinajstić information content (AvgIpc) is 2.89. The molecule has 0 saturated carbocycles. The molecule has 1 saturated heterocycles. The van der Waals surface area contributed by atoms with Crippen LogP contribution in [-0.2, 0) is 17.6 Å². The van der Waals surface area contributed by atoms with E-state index < -0.39 is 23.7 Å². The summed E-state index contributed by atoms with van der Waals surface area (Å²) in [5, 5.41) is 13.9. The van der Waals surface area contributed by atoms with Crippen molar-refractivity contribution in [2.75, 3.05) is 18.0 Å². The number of hydrogen-bond acceptors (Lipinski definition) is 4. The molecule has 31 heavy (non-hydrogen) atoms. The number of hydrogen-bond donors (Lipinski definition) is 4. The zero-order chi connectivity index (χ0) is 22.1. The number of piperidine rings is 1. The number of benzene rings is 1. The number of aryl methyl sites for hydroxylation is 2. The smallest absolute Gasteiger partial charge is 0.296 e. The number of nitrogens with zero attached hydrogens (tertiary/aromatic N) is 1. The molecule has 1 aliphatic carbocycles. The number of primary amides is 1. The Morgan fingerprint density at radius 3 is 2.81 bits per heavy atom. The normalized spacial score (nSPS) is 21.1. The van der Waals surface area contributed by atoms with E-state index in [4.69, 9.17) is 5.73 Å². The van der Waals surface area contributed by atoms with Crippen LogP contribution in [0.25, 0.3) is 10.9 Å². The van der Waals surface area contributed by atoms with Gasteiger partial charge in [-0.05, 0) is 56.6 Å². The Balaban J connectivity index is 1.82. The van der Waals surface area contributed by atoms with Gasteiger partial charge in [-0.25, -0.2) is 4.39 Å². The fraction of sp³-hybridized carbons (Fsp3) is 0.478. The summed E-state index contributed by atoms with van der Waals surface area (Å²) in [4.78, 5) is 29.1. The molecule has 1 aliphatic heterocycles. The number of halogens is 1. The Morgan fingerprint density at radius 2 is 2.06 bits per heavy atom. The van der Waals surface area contributed by atoms with Crippen LogP contribution in [0.15, 0.2) is 6.07 Å². The average molecular weight is 426 g/mol. The molecule has 0 unspecified atom stereocenters. The van der Waals surface area contributed by atoms with Crippen molar-refractivity contribution < 1.29 is 19.1 Å². The number of rotatable bonds is 3. The molecule has 2 aliphatic rings. The Morgan fingerprint density at radius 1 is 1.29 bits per heavy atom. The van der Waals surface area contributed by atoms with Gasteiger partial charge < -0.3 is 26.0 Å². The summed E-state index contributed by atoms with van der Waals surface area (Å²) in [6.07, 6.45) is 4.34. The zero-order valence-electron chi connectivity index (χ0n) is 17.6. The second-order valence-electron chi connectivity index (χ2n) is 8.35. The summed E-state index contributed by atoms with van der Waals surface area (Å²) in [5.74, 6) is 3.32. The summed E-state index contributed by atoms with van der Waals surface area (Å²) in [6, 6.07) is 0.798. The van der Waals surface area contributed by atoms with Gasteiger partial charge in [-0.1, -0.05) is 12.3 Å². The van der Waals surface area contributed by atoms with Crippen LogP contribution in [0.5, 0.6) is 0 Å². The van der Waals surface area contributed by atoms with Gasteiger partial charge in [0.05, 0.1) is 22.9 Å². The summed E-state index contributed by atoms with van der Waals surface area (Å²) >= 11 is 0. The topological polar surface area (TPSA) is 111 Å². The van der Waals surface area contributed by atoms with E-state index in [-0.39, 0.29) is 18.2 Å². The maximum absolute atomic E-state index is 15.5. The number of aromatic nitrogens is 1. The van der Waals surface area contributed by atoms with Gasteiger partial charge in [-0.3, -0.25) is 9.59 Å². The van der Waals surface area contributed by atoms with Crippen molar-refractivity contribution in [1.82, 2.24) is 10.3 Å². The van der Waals surface area contributed by atoms with Crippen molar-refractivity contribution in [3.63, 3.8) is 0 Å². The molecule has 5 N–H and O–H groups in total. The van der Waals surface area contributed by atoms with Crippen LogP contribution in [0.2, 0.25) is 0 Å². The van der Waals surface area contributed by atoms with E-state index in [0.717, 1.165) is 43.4 Å². The number of carbonyl (C=O) groups is 2. The molecule has 0 spiro atoms. The van der Waals surface area contributed by atoms with Crippen molar-refractivity contribution in [2.45, 2.75) is 57.6 Å². The van der Waals surface area contributed by atoms with Crippen LogP contribution in [0.3, 0.4) is 0 Å². The molecular formula is C23H27FN4O3. The Hall–Kier alpha value is -3.05. The molecule has 8 heteroatoms. The lowest BCUT2D eigenvalue weighted by molar-refractivity contribution is -0.116. The summed E-state index contributed by atoms with van der Waals surface area (Å²) in [5.41, 5.74) is 8.61. The number of aromatic amines is 1. The first-order chi connectivity index (χ1) is 14.9. The highest BCUT2D eigenvalue weighted by Gasteiger charge is 2.32. The van der Waals surface area contributed by atoms with E-state index in [1.165, 1.54) is 6.07 Å². The van der Waals surface area contributed by atoms with Gasteiger partial charge in [0.1, 0.15) is 5.82 Å². The number of nitrogens with one attached hydrogen (secondary N) is 2. The first-order valence-electron chi connectivity index (χ1n) is 10.7. The third-order valence-corrected chi connectivity index (χ3v) is 6.13. The minimum absolute atomic E-state index is 0.130. The van der Waals surface area contributed by atoms with Crippen molar-refractivity contribution in [2.24, 2.45) is 5.73 Å². The van der Waals surface area contributed by atoms with Gasteiger partial charge >= 0.3 is 0 Å². The van der Waals surface area contributed by atoms with Crippen LogP contribution < -0.4 is 16.0 Å². The highest BCUT2D eigenvalue weighted by molar-refractivity contribution is 6.10. The molecule has 7 nitrogen and oxygen atoms in total. The van der Waals surface area contributed by atoms with Crippen LogP contribution in [-0.4, -0.2) is 47.1 Å². The predicted octanol–water partition coefficient (Wildman–Crippen LogP) is 1.75. The number of anilines is 1. The molecule has 164 valence electrons. The van der Waals surface area contributed by atoms with E-state index >= 15 is 4.39 Å². The molecule has 1 aromatic carbocycles. The first-order valence-corrected chi connectivity index (χ1v) is 10.7. The number of amides is 2. The minimum atomic E-state index is -0.739. The fourth-order valence-corrected chi connectivity index (χ4v) is 4.91. The molecule has 1 aromatic heterocycles. The third kappa shape index (κ3) is 4.10. The van der Waals surface area contributed by atoms with Gasteiger partial charge in [0.25, 0.3) is 11.8 Å². The minimum Gasteiger partial charge on any atom is -0.391 e. The second kappa shape index (κ2) is 8.60. The van der Waals surface area contributed by atoms with Crippen LogP contribution in [0.1, 0.15) is 54.2 Å². The van der Waals surface area contributed by atoms with Crippen LogP contribution >= 0.6 is 0 Å². The molecule has 2 amide bonds. The standard InChI is InChI=1S/C23H27FN4O3/c1-2-6-19(30)26-13-9-14(29)12-28(11-13)22-17(24)10-16(23(25)31)21-20(22)15-7-4-3-5-8-18(15)27-21/h10,13-14,27,29H,3-5,7-9,11-12H2,1H3,(H2,25,31)(H,26,30)/t13-,14-/m0/s1. The Kier molecular flexibility index (Phi) is 5.88. The van der Waals surface area contributed by atoms with Crippen molar-refractivity contribution in [1.29, 1.82) is 0 Å². The van der Waals surface area contributed by atoms with Crippen molar-refractivity contribution >= 4 is 28.4 Å². The van der Waals surface area contributed by atoms with Gasteiger partial charge in [0.15, 0.2) is 0 Å². The Bertz CT molecular complexity index is 1100. The lowest BCUT2D eigenvalue weighted by Crippen LogP contribution is -2.52. The highest BCUT2D eigenvalue weighted by atomic mass is 19.1. The lowest BCUT2D eigenvalue weighted by atomic mass is 9.97. The molecule has 2 atom stereocenters. The SMILES string of the molecule is CC#CC(=O)N[C@H]1C[C@H](O)CN(c2c(F)cc(C(N)=O)c3[nH]c4c(c23)CCCCC4)C1. The van der Waals surface area contributed by atoms with Gasteiger partial charge in [0, 0.05) is 30.2 Å². The largest absolute Gasteiger partial charge is 0.391 e. The third-order valence-electron chi connectivity index (χ3n) is 6.13. The lowest BCUT2D eigenvalue weighted by Gasteiger charge is -2.38. The number of nitrogens with two attached hydrogens (primary N) is 1. The van der Waals surface area contributed by atoms with Crippen molar-refractivity contribution in [3.05, 3.63) is 28.7 Å². The zero-order valence-corrected chi connectivity index (χ0v) is 17.6. The molecule has 1 fully saturated rings. The van der Waals surface area contributed by atoms with Crippen LogP contribution in [0, 0.1) is 17.7 Å². The molecule has 0 bridgehead atoms. The van der Waals surface area contributed by atoms with Crippen LogP contribution in [0.4, 0.5) is 10.1 Å². The fourth-order valence-electron chi connectivity index (χ4n) is 4.91. The maximum Gasteiger partial charge on any atom is 0.296 e.